The molecule has 0 bridgehead atoms. The lowest BCUT2D eigenvalue weighted by molar-refractivity contribution is 0.483. The van der Waals surface area contributed by atoms with Crippen LogP contribution in [0.1, 0.15) is 32.8 Å². The van der Waals surface area contributed by atoms with E-state index in [2.05, 4.69) is 20.8 Å². The van der Waals surface area contributed by atoms with Crippen LogP contribution < -0.4 is 9.92 Å². The second-order valence-electron chi connectivity index (χ2n) is 5.87. The first-order valence-electron chi connectivity index (χ1n) is 7.15. The summed E-state index contributed by atoms with van der Waals surface area (Å²) < 4.78 is 29.5. The summed E-state index contributed by atoms with van der Waals surface area (Å²) in [5.74, 6) is 0.299. The smallest absolute Gasteiger partial charge is 0.339 e. The minimum absolute atomic E-state index is 0.0500. The van der Waals surface area contributed by atoms with Gasteiger partial charge in [0.15, 0.2) is 0 Å². The summed E-state index contributed by atoms with van der Waals surface area (Å²) in [5.41, 5.74) is 7.26. The van der Waals surface area contributed by atoms with Gasteiger partial charge < -0.3 is 9.92 Å². The maximum absolute atomic E-state index is 12.2. The molecule has 0 aliphatic carbocycles. The number of hydrogen-bond acceptors (Lipinski definition) is 4. The predicted molar refractivity (Wildman–Crippen MR) is 88.4 cm³/mol. The van der Waals surface area contributed by atoms with Gasteiger partial charge in [0.25, 0.3) is 0 Å². The number of hydrogen-bond donors (Lipinski definition) is 1. The van der Waals surface area contributed by atoms with Crippen LogP contribution in [0.3, 0.4) is 0 Å². The van der Waals surface area contributed by atoms with Crippen molar-refractivity contribution in [3.8, 4) is 5.75 Å². The van der Waals surface area contributed by atoms with Gasteiger partial charge in [0.1, 0.15) is 10.6 Å². The normalized spacial score (nSPS) is 12.1. The van der Waals surface area contributed by atoms with Crippen molar-refractivity contribution in [2.45, 2.75) is 37.5 Å². The summed E-state index contributed by atoms with van der Waals surface area (Å²) in [6, 6.07) is 13.1. The van der Waals surface area contributed by atoms with Gasteiger partial charge in [-0.1, -0.05) is 32.9 Å². The first-order chi connectivity index (χ1) is 10.2. The molecule has 0 unspecified atom stereocenters. The number of anilines is 1. The van der Waals surface area contributed by atoms with Gasteiger partial charge in [-0.05, 0) is 53.8 Å². The molecule has 4 nitrogen and oxygen atoms in total. The molecule has 0 saturated heterocycles. The molecule has 2 N–H and O–H groups in total. The van der Waals surface area contributed by atoms with E-state index in [1.165, 1.54) is 24.3 Å². The topological polar surface area (TPSA) is 69.4 Å². The van der Waals surface area contributed by atoms with Crippen LogP contribution in [0.15, 0.2) is 53.4 Å². The summed E-state index contributed by atoms with van der Waals surface area (Å²) in [6.45, 7) is 6.41. The second-order valence-corrected chi connectivity index (χ2v) is 7.41. The van der Waals surface area contributed by atoms with E-state index in [0.29, 0.717) is 11.4 Å². The minimum atomic E-state index is -3.84. The van der Waals surface area contributed by atoms with Crippen molar-refractivity contribution >= 4 is 15.8 Å². The molecule has 0 heterocycles. The minimum Gasteiger partial charge on any atom is -0.399 e. The lowest BCUT2D eigenvalue weighted by atomic mass is 9.82. The summed E-state index contributed by atoms with van der Waals surface area (Å²) in [5, 5.41) is 0. The highest BCUT2D eigenvalue weighted by atomic mass is 32.2. The van der Waals surface area contributed by atoms with Crippen molar-refractivity contribution in [3.05, 3.63) is 54.1 Å². The van der Waals surface area contributed by atoms with Crippen LogP contribution in [-0.2, 0) is 15.5 Å². The Hall–Kier alpha value is -2.01. The zero-order valence-electron chi connectivity index (χ0n) is 13.0. The third-order valence-corrected chi connectivity index (χ3v) is 5.16. The van der Waals surface area contributed by atoms with E-state index in [9.17, 15) is 8.42 Å². The number of nitrogens with two attached hydrogens (primary N) is 1. The fourth-order valence-electron chi connectivity index (χ4n) is 1.98. The van der Waals surface area contributed by atoms with Gasteiger partial charge in [-0.15, -0.1) is 0 Å². The zero-order valence-corrected chi connectivity index (χ0v) is 13.9. The maximum Gasteiger partial charge on any atom is 0.339 e. The van der Waals surface area contributed by atoms with Crippen LogP contribution in [0, 0.1) is 0 Å². The fourth-order valence-corrected chi connectivity index (χ4v) is 2.91. The zero-order chi connectivity index (χ0) is 16.4. The van der Waals surface area contributed by atoms with E-state index in [4.69, 9.17) is 9.92 Å². The third-order valence-electron chi connectivity index (χ3n) is 3.89. The number of benzene rings is 2. The van der Waals surface area contributed by atoms with Crippen LogP contribution in [0.2, 0.25) is 0 Å². The highest BCUT2D eigenvalue weighted by Crippen LogP contribution is 2.29. The van der Waals surface area contributed by atoms with Crippen molar-refractivity contribution in [1.82, 2.24) is 0 Å². The summed E-state index contributed by atoms with van der Waals surface area (Å²) in [6.07, 6.45) is 0.997. The first-order valence-corrected chi connectivity index (χ1v) is 8.56. The Morgan fingerprint density at radius 2 is 1.55 bits per heavy atom. The molecule has 118 valence electrons. The largest absolute Gasteiger partial charge is 0.399 e. The van der Waals surface area contributed by atoms with E-state index in [1.54, 1.807) is 12.1 Å². The Kier molecular flexibility index (Phi) is 4.47. The molecule has 0 radical (unpaired) electrons. The van der Waals surface area contributed by atoms with Crippen LogP contribution in [-0.4, -0.2) is 8.42 Å². The van der Waals surface area contributed by atoms with Crippen molar-refractivity contribution < 1.29 is 12.6 Å². The molecule has 2 rings (SSSR count). The molecule has 0 fully saturated rings. The average Bonchev–Trinajstić information content (AvgIpc) is 2.48. The van der Waals surface area contributed by atoms with Crippen molar-refractivity contribution in [3.63, 3.8) is 0 Å². The Bertz CT molecular complexity index is 732. The standard InChI is InChI=1S/C17H21NO3S/c1-4-17(2,3)13-5-9-15(10-6-13)21-22(19,20)16-11-7-14(18)8-12-16/h5-12H,4,18H2,1-3H3. The van der Waals surface area contributed by atoms with E-state index in [1.807, 2.05) is 12.1 Å². The molecule has 0 aliphatic rings. The highest BCUT2D eigenvalue weighted by Gasteiger charge is 2.19. The lowest BCUT2D eigenvalue weighted by Gasteiger charge is -2.23. The molecule has 0 saturated carbocycles. The molecule has 2 aromatic rings. The molecule has 22 heavy (non-hydrogen) atoms. The Balaban J connectivity index is 2.22. The molecule has 0 amide bonds. The van der Waals surface area contributed by atoms with Gasteiger partial charge >= 0.3 is 10.1 Å². The second kappa shape index (κ2) is 6.01. The van der Waals surface area contributed by atoms with Gasteiger partial charge in [-0.2, -0.15) is 8.42 Å². The van der Waals surface area contributed by atoms with Gasteiger partial charge in [0.2, 0.25) is 0 Å². The van der Waals surface area contributed by atoms with Crippen LogP contribution in [0.25, 0.3) is 0 Å². The van der Waals surface area contributed by atoms with E-state index >= 15 is 0 Å². The fraction of sp³-hybridized carbons (Fsp3) is 0.294. The maximum atomic E-state index is 12.2. The van der Waals surface area contributed by atoms with Gasteiger partial charge in [-0.3, -0.25) is 0 Å². The molecular formula is C17H21NO3S. The van der Waals surface area contributed by atoms with E-state index < -0.39 is 10.1 Å². The molecule has 5 heteroatoms. The SMILES string of the molecule is CCC(C)(C)c1ccc(OS(=O)(=O)c2ccc(N)cc2)cc1. The lowest BCUT2D eigenvalue weighted by Crippen LogP contribution is -2.15. The molecule has 0 aliphatic heterocycles. The Morgan fingerprint density at radius 1 is 1.00 bits per heavy atom. The van der Waals surface area contributed by atoms with Crippen LogP contribution in [0.4, 0.5) is 5.69 Å². The third kappa shape index (κ3) is 3.60. The van der Waals surface area contributed by atoms with Crippen LogP contribution >= 0.6 is 0 Å². The molecule has 0 atom stereocenters. The summed E-state index contributed by atoms with van der Waals surface area (Å²) in [7, 11) is -3.84. The Morgan fingerprint density at radius 3 is 2.05 bits per heavy atom. The van der Waals surface area contributed by atoms with Crippen molar-refractivity contribution in [1.29, 1.82) is 0 Å². The van der Waals surface area contributed by atoms with Gasteiger partial charge in [-0.25, -0.2) is 0 Å². The van der Waals surface area contributed by atoms with E-state index in [-0.39, 0.29) is 10.3 Å². The summed E-state index contributed by atoms with van der Waals surface area (Å²) >= 11 is 0. The predicted octanol–water partition coefficient (Wildman–Crippen LogP) is 3.72. The molecule has 0 aromatic heterocycles. The quantitative estimate of drug-likeness (QED) is 0.673. The molecular weight excluding hydrogens is 298 g/mol. The monoisotopic (exact) mass is 319 g/mol. The van der Waals surface area contributed by atoms with Gasteiger partial charge in [0.05, 0.1) is 0 Å². The van der Waals surface area contributed by atoms with Crippen molar-refractivity contribution in [2.75, 3.05) is 5.73 Å². The highest BCUT2D eigenvalue weighted by molar-refractivity contribution is 7.87. The first kappa shape index (κ1) is 16.4. The van der Waals surface area contributed by atoms with Crippen molar-refractivity contribution in [2.24, 2.45) is 0 Å². The van der Waals surface area contributed by atoms with Gasteiger partial charge in [0, 0.05) is 5.69 Å². The summed E-state index contributed by atoms with van der Waals surface area (Å²) in [4.78, 5) is 0.0830. The van der Waals surface area contributed by atoms with Crippen LogP contribution in [0.5, 0.6) is 5.75 Å². The Labute approximate surface area is 132 Å². The number of nitrogen functional groups attached to an aromatic ring is 1. The molecule has 0 spiro atoms. The average molecular weight is 319 g/mol. The van der Waals surface area contributed by atoms with E-state index in [0.717, 1.165) is 12.0 Å². The number of rotatable bonds is 5. The molecule has 2 aromatic carbocycles.